The summed E-state index contributed by atoms with van der Waals surface area (Å²) in [7, 11) is 0. The Morgan fingerprint density at radius 3 is 2.69 bits per heavy atom. The molecule has 0 spiro atoms. The SMILES string of the molecule is C=CCN1CCC(NC2CCOC2C)CC1. The summed E-state index contributed by atoms with van der Waals surface area (Å²) in [5.41, 5.74) is 0. The van der Waals surface area contributed by atoms with Gasteiger partial charge in [0.1, 0.15) is 0 Å². The van der Waals surface area contributed by atoms with Crippen LogP contribution in [0.15, 0.2) is 12.7 Å². The lowest BCUT2D eigenvalue weighted by molar-refractivity contribution is 0.106. The van der Waals surface area contributed by atoms with Crippen molar-refractivity contribution >= 4 is 0 Å². The maximum atomic E-state index is 5.58. The van der Waals surface area contributed by atoms with Crippen molar-refractivity contribution in [3.05, 3.63) is 12.7 Å². The summed E-state index contributed by atoms with van der Waals surface area (Å²) in [6, 6.07) is 1.27. The molecule has 2 aliphatic rings. The Hall–Kier alpha value is -0.380. The van der Waals surface area contributed by atoms with E-state index in [2.05, 4.69) is 23.7 Å². The number of rotatable bonds is 4. The summed E-state index contributed by atoms with van der Waals surface area (Å²) in [6.07, 6.45) is 6.09. The molecule has 0 aromatic rings. The Morgan fingerprint density at radius 1 is 1.38 bits per heavy atom. The first-order valence-corrected chi connectivity index (χ1v) is 6.50. The van der Waals surface area contributed by atoms with Gasteiger partial charge < -0.3 is 10.1 Å². The maximum absolute atomic E-state index is 5.58. The van der Waals surface area contributed by atoms with E-state index in [-0.39, 0.29) is 0 Å². The minimum absolute atomic E-state index is 0.395. The lowest BCUT2D eigenvalue weighted by Gasteiger charge is -2.33. The minimum Gasteiger partial charge on any atom is -0.377 e. The van der Waals surface area contributed by atoms with Gasteiger partial charge >= 0.3 is 0 Å². The molecule has 0 aromatic carbocycles. The Labute approximate surface area is 98.8 Å². The van der Waals surface area contributed by atoms with Gasteiger partial charge in [0, 0.05) is 25.2 Å². The second-order valence-corrected chi connectivity index (χ2v) is 5.00. The van der Waals surface area contributed by atoms with Crippen LogP contribution < -0.4 is 5.32 Å². The molecular formula is C13H24N2O. The monoisotopic (exact) mass is 224 g/mol. The largest absolute Gasteiger partial charge is 0.377 e. The van der Waals surface area contributed by atoms with Crippen molar-refractivity contribution < 1.29 is 4.74 Å². The predicted molar refractivity (Wildman–Crippen MR) is 66.6 cm³/mol. The van der Waals surface area contributed by atoms with Crippen LogP contribution in [-0.4, -0.2) is 49.3 Å². The average molecular weight is 224 g/mol. The van der Waals surface area contributed by atoms with Gasteiger partial charge in [-0.3, -0.25) is 4.90 Å². The van der Waals surface area contributed by atoms with Crippen molar-refractivity contribution in [2.45, 2.75) is 44.4 Å². The van der Waals surface area contributed by atoms with Crippen LogP contribution in [0.2, 0.25) is 0 Å². The number of hydrogen-bond donors (Lipinski definition) is 1. The highest BCUT2D eigenvalue weighted by molar-refractivity contribution is 4.87. The molecule has 2 unspecified atom stereocenters. The van der Waals surface area contributed by atoms with Crippen LogP contribution in [0.1, 0.15) is 26.2 Å². The highest BCUT2D eigenvalue weighted by Crippen LogP contribution is 2.17. The molecule has 0 amide bonds. The summed E-state index contributed by atoms with van der Waals surface area (Å²) < 4.78 is 5.58. The Kier molecular flexibility index (Phi) is 4.38. The fourth-order valence-corrected chi connectivity index (χ4v) is 2.72. The summed E-state index contributed by atoms with van der Waals surface area (Å²) in [5.74, 6) is 0. The van der Waals surface area contributed by atoms with Crippen LogP contribution in [0.5, 0.6) is 0 Å². The van der Waals surface area contributed by atoms with E-state index in [0.717, 1.165) is 13.2 Å². The van der Waals surface area contributed by atoms with E-state index in [1.54, 1.807) is 0 Å². The van der Waals surface area contributed by atoms with Gasteiger partial charge in [0.05, 0.1) is 6.10 Å². The van der Waals surface area contributed by atoms with Crippen molar-refractivity contribution in [3.8, 4) is 0 Å². The molecule has 2 fully saturated rings. The van der Waals surface area contributed by atoms with Crippen molar-refractivity contribution in [1.29, 1.82) is 0 Å². The molecule has 16 heavy (non-hydrogen) atoms. The number of hydrogen-bond acceptors (Lipinski definition) is 3. The van der Waals surface area contributed by atoms with E-state index < -0.39 is 0 Å². The predicted octanol–water partition coefficient (Wildman–Crippen LogP) is 1.40. The highest BCUT2D eigenvalue weighted by Gasteiger charge is 2.27. The zero-order valence-corrected chi connectivity index (χ0v) is 10.3. The lowest BCUT2D eigenvalue weighted by Crippen LogP contribution is -2.48. The highest BCUT2D eigenvalue weighted by atomic mass is 16.5. The van der Waals surface area contributed by atoms with Crippen LogP contribution >= 0.6 is 0 Å². The molecule has 3 nitrogen and oxygen atoms in total. The van der Waals surface area contributed by atoms with Crippen LogP contribution in [-0.2, 0) is 4.74 Å². The molecule has 0 aromatic heterocycles. The van der Waals surface area contributed by atoms with Gasteiger partial charge in [0.2, 0.25) is 0 Å². The van der Waals surface area contributed by atoms with Crippen molar-refractivity contribution in [2.24, 2.45) is 0 Å². The first kappa shape index (κ1) is 12.1. The zero-order chi connectivity index (χ0) is 11.4. The van der Waals surface area contributed by atoms with Gasteiger partial charge in [-0.15, -0.1) is 6.58 Å². The van der Waals surface area contributed by atoms with Gasteiger partial charge in [-0.05, 0) is 39.3 Å². The Balaban J connectivity index is 1.70. The van der Waals surface area contributed by atoms with E-state index in [4.69, 9.17) is 4.74 Å². The second-order valence-electron chi connectivity index (χ2n) is 5.00. The zero-order valence-electron chi connectivity index (χ0n) is 10.3. The van der Waals surface area contributed by atoms with Crippen molar-refractivity contribution in [3.63, 3.8) is 0 Å². The quantitative estimate of drug-likeness (QED) is 0.731. The van der Waals surface area contributed by atoms with Gasteiger partial charge in [-0.2, -0.15) is 0 Å². The topological polar surface area (TPSA) is 24.5 Å². The number of likely N-dealkylation sites (tertiary alicyclic amines) is 1. The Bertz CT molecular complexity index is 224. The number of nitrogens with one attached hydrogen (secondary N) is 1. The molecule has 2 saturated heterocycles. The second kappa shape index (κ2) is 5.80. The molecule has 92 valence electrons. The van der Waals surface area contributed by atoms with Crippen LogP contribution in [0.4, 0.5) is 0 Å². The number of ether oxygens (including phenoxy) is 1. The van der Waals surface area contributed by atoms with Gasteiger partial charge in [0.25, 0.3) is 0 Å². The van der Waals surface area contributed by atoms with E-state index >= 15 is 0 Å². The summed E-state index contributed by atoms with van der Waals surface area (Å²) in [5, 5.41) is 3.75. The number of piperidine rings is 1. The standard InChI is InChI=1S/C13H24N2O/c1-3-7-15-8-4-12(5-9-15)14-13-6-10-16-11(13)2/h3,11-14H,1,4-10H2,2H3. The van der Waals surface area contributed by atoms with E-state index in [1.807, 2.05) is 6.08 Å². The molecule has 0 bridgehead atoms. The third kappa shape index (κ3) is 3.06. The molecular weight excluding hydrogens is 200 g/mol. The van der Waals surface area contributed by atoms with Crippen LogP contribution in [0.25, 0.3) is 0 Å². The minimum atomic E-state index is 0.395. The third-order valence-electron chi connectivity index (χ3n) is 3.80. The van der Waals surface area contributed by atoms with Gasteiger partial charge in [0.15, 0.2) is 0 Å². The van der Waals surface area contributed by atoms with Crippen LogP contribution in [0, 0.1) is 0 Å². The number of nitrogens with zero attached hydrogens (tertiary/aromatic N) is 1. The van der Waals surface area contributed by atoms with E-state index in [1.165, 1.54) is 32.4 Å². The molecule has 3 heteroatoms. The summed E-state index contributed by atoms with van der Waals surface area (Å²) >= 11 is 0. The van der Waals surface area contributed by atoms with Gasteiger partial charge in [-0.25, -0.2) is 0 Å². The fraction of sp³-hybridized carbons (Fsp3) is 0.846. The molecule has 0 radical (unpaired) electrons. The van der Waals surface area contributed by atoms with Crippen molar-refractivity contribution in [1.82, 2.24) is 10.2 Å². The molecule has 1 N–H and O–H groups in total. The smallest absolute Gasteiger partial charge is 0.0700 e. The summed E-state index contributed by atoms with van der Waals surface area (Å²) in [6.45, 7) is 10.3. The van der Waals surface area contributed by atoms with E-state index in [0.29, 0.717) is 18.2 Å². The first-order chi connectivity index (χ1) is 7.79. The molecule has 2 aliphatic heterocycles. The average Bonchev–Trinajstić information content (AvgIpc) is 2.68. The molecule has 0 saturated carbocycles. The van der Waals surface area contributed by atoms with E-state index in [9.17, 15) is 0 Å². The summed E-state index contributed by atoms with van der Waals surface area (Å²) in [4.78, 5) is 2.47. The lowest BCUT2D eigenvalue weighted by atomic mass is 10.0. The maximum Gasteiger partial charge on any atom is 0.0700 e. The van der Waals surface area contributed by atoms with Crippen LogP contribution in [0.3, 0.4) is 0 Å². The fourth-order valence-electron chi connectivity index (χ4n) is 2.72. The molecule has 2 heterocycles. The first-order valence-electron chi connectivity index (χ1n) is 6.50. The normalized spacial score (nSPS) is 33.1. The van der Waals surface area contributed by atoms with Crippen molar-refractivity contribution in [2.75, 3.05) is 26.2 Å². The van der Waals surface area contributed by atoms with Gasteiger partial charge in [-0.1, -0.05) is 6.08 Å². The third-order valence-corrected chi connectivity index (χ3v) is 3.80. The Morgan fingerprint density at radius 2 is 2.12 bits per heavy atom. The molecule has 2 atom stereocenters. The molecule has 0 aliphatic carbocycles. The molecule has 2 rings (SSSR count).